The zero-order chi connectivity index (χ0) is 22.6. The van der Waals surface area contributed by atoms with Gasteiger partial charge in [0, 0.05) is 44.4 Å². The number of carbonyl (C=O) groups is 1. The number of nitrogens with zero attached hydrogens (tertiary/aromatic N) is 5. The van der Waals surface area contributed by atoms with E-state index in [0.29, 0.717) is 42.7 Å². The summed E-state index contributed by atoms with van der Waals surface area (Å²) in [5, 5.41) is 14.4. The van der Waals surface area contributed by atoms with Crippen molar-refractivity contribution in [2.24, 2.45) is 0 Å². The monoisotopic (exact) mass is 443 g/mol. The Morgan fingerprint density at radius 2 is 1.88 bits per heavy atom. The van der Waals surface area contributed by atoms with Crippen LogP contribution in [-0.4, -0.2) is 56.6 Å². The quantitative estimate of drug-likeness (QED) is 0.450. The first kappa shape index (κ1) is 20.9. The van der Waals surface area contributed by atoms with E-state index in [0.717, 1.165) is 23.6 Å². The van der Waals surface area contributed by atoms with Crippen LogP contribution in [0.5, 0.6) is 11.6 Å². The second kappa shape index (κ2) is 9.28. The number of piperidine rings is 1. The molecule has 0 N–H and O–H groups in total. The fourth-order valence-corrected chi connectivity index (χ4v) is 4.16. The number of hydrogen-bond donors (Lipinski definition) is 0. The molecule has 0 spiro atoms. The molecule has 1 fully saturated rings. The van der Waals surface area contributed by atoms with Gasteiger partial charge in [-0.05, 0) is 35.9 Å². The Hall–Kier alpha value is -3.94. The van der Waals surface area contributed by atoms with Crippen molar-refractivity contribution in [2.45, 2.75) is 25.9 Å². The zero-order valence-electron chi connectivity index (χ0n) is 18.4. The SMILES string of the molecule is CCOc1ccc2ccccc2c1C(=O)N1CCC(Oc2ccc(-n3cccn3)nn2)CC1. The van der Waals surface area contributed by atoms with Crippen LogP contribution in [0.15, 0.2) is 67.0 Å². The van der Waals surface area contributed by atoms with Gasteiger partial charge in [-0.3, -0.25) is 4.79 Å². The van der Waals surface area contributed by atoms with Crippen molar-refractivity contribution in [2.75, 3.05) is 19.7 Å². The summed E-state index contributed by atoms with van der Waals surface area (Å²) < 4.78 is 13.5. The molecular weight excluding hydrogens is 418 g/mol. The third-order valence-electron chi connectivity index (χ3n) is 5.79. The smallest absolute Gasteiger partial charge is 0.258 e. The number of fused-ring (bicyclic) bond motifs is 1. The lowest BCUT2D eigenvalue weighted by molar-refractivity contribution is 0.0584. The summed E-state index contributed by atoms with van der Waals surface area (Å²) in [6.07, 6.45) is 4.94. The second-order valence-corrected chi connectivity index (χ2v) is 7.88. The Kier molecular flexibility index (Phi) is 5.89. The van der Waals surface area contributed by atoms with E-state index in [1.165, 1.54) is 0 Å². The van der Waals surface area contributed by atoms with Crippen LogP contribution in [0.4, 0.5) is 0 Å². The molecule has 8 nitrogen and oxygen atoms in total. The Balaban J connectivity index is 1.26. The molecule has 0 radical (unpaired) electrons. The van der Waals surface area contributed by atoms with Crippen molar-refractivity contribution in [1.82, 2.24) is 24.9 Å². The maximum absolute atomic E-state index is 13.5. The van der Waals surface area contributed by atoms with Gasteiger partial charge in [0.25, 0.3) is 5.91 Å². The van der Waals surface area contributed by atoms with Gasteiger partial charge >= 0.3 is 0 Å². The summed E-state index contributed by atoms with van der Waals surface area (Å²) in [5.74, 6) is 1.74. The van der Waals surface area contributed by atoms with Gasteiger partial charge in [-0.2, -0.15) is 5.10 Å². The van der Waals surface area contributed by atoms with E-state index in [1.807, 2.05) is 66.6 Å². The average Bonchev–Trinajstić information content (AvgIpc) is 3.40. The third kappa shape index (κ3) is 4.37. The lowest BCUT2D eigenvalue weighted by atomic mass is 10.0. The van der Waals surface area contributed by atoms with Crippen molar-refractivity contribution >= 4 is 16.7 Å². The highest BCUT2D eigenvalue weighted by atomic mass is 16.5. The van der Waals surface area contributed by atoms with Gasteiger partial charge in [0.05, 0.1) is 12.2 Å². The zero-order valence-corrected chi connectivity index (χ0v) is 18.4. The summed E-state index contributed by atoms with van der Waals surface area (Å²) in [5.41, 5.74) is 0.634. The van der Waals surface area contributed by atoms with Crippen LogP contribution in [0.25, 0.3) is 16.6 Å². The predicted octanol–water partition coefficient (Wildman–Crippen LogP) is 3.90. The molecule has 5 rings (SSSR count). The first-order valence-electron chi connectivity index (χ1n) is 11.2. The van der Waals surface area contributed by atoms with Crippen LogP contribution in [0.2, 0.25) is 0 Å². The molecule has 4 aromatic rings. The summed E-state index contributed by atoms with van der Waals surface area (Å²) in [6.45, 7) is 3.65. The number of amides is 1. The normalized spacial score (nSPS) is 14.4. The Morgan fingerprint density at radius 1 is 1.03 bits per heavy atom. The molecule has 1 amide bonds. The molecule has 0 aliphatic carbocycles. The van der Waals surface area contributed by atoms with Crippen molar-refractivity contribution < 1.29 is 14.3 Å². The van der Waals surface area contributed by atoms with E-state index in [1.54, 1.807) is 16.9 Å². The number of likely N-dealkylation sites (tertiary alicyclic amines) is 1. The number of benzene rings is 2. The molecule has 0 saturated carbocycles. The van der Waals surface area contributed by atoms with Crippen LogP contribution in [-0.2, 0) is 0 Å². The molecule has 0 atom stereocenters. The molecule has 1 aliphatic rings. The van der Waals surface area contributed by atoms with E-state index >= 15 is 0 Å². The van der Waals surface area contributed by atoms with Gasteiger partial charge in [-0.1, -0.05) is 30.3 Å². The highest BCUT2D eigenvalue weighted by molar-refractivity contribution is 6.09. The van der Waals surface area contributed by atoms with Gasteiger partial charge in [0.2, 0.25) is 5.88 Å². The van der Waals surface area contributed by atoms with Crippen LogP contribution in [0.3, 0.4) is 0 Å². The largest absolute Gasteiger partial charge is 0.493 e. The first-order valence-corrected chi connectivity index (χ1v) is 11.2. The van der Waals surface area contributed by atoms with Crippen molar-refractivity contribution in [3.8, 4) is 17.4 Å². The van der Waals surface area contributed by atoms with Gasteiger partial charge in [0.1, 0.15) is 11.9 Å². The summed E-state index contributed by atoms with van der Waals surface area (Å²) in [6, 6.07) is 17.3. The first-order chi connectivity index (χ1) is 16.2. The van der Waals surface area contributed by atoms with E-state index in [9.17, 15) is 4.79 Å². The number of ether oxygens (including phenoxy) is 2. The van der Waals surface area contributed by atoms with Crippen LogP contribution in [0.1, 0.15) is 30.1 Å². The highest BCUT2D eigenvalue weighted by Gasteiger charge is 2.28. The lowest BCUT2D eigenvalue weighted by Crippen LogP contribution is -2.42. The number of rotatable bonds is 6. The van der Waals surface area contributed by atoms with E-state index < -0.39 is 0 Å². The fraction of sp³-hybridized carbons (Fsp3) is 0.280. The van der Waals surface area contributed by atoms with Crippen molar-refractivity contribution in [3.05, 3.63) is 72.6 Å². The highest BCUT2D eigenvalue weighted by Crippen LogP contribution is 2.30. The third-order valence-corrected chi connectivity index (χ3v) is 5.79. The molecule has 1 saturated heterocycles. The van der Waals surface area contributed by atoms with Gasteiger partial charge in [0.15, 0.2) is 5.82 Å². The lowest BCUT2D eigenvalue weighted by Gasteiger charge is -2.32. The number of aromatic nitrogens is 4. The molecule has 168 valence electrons. The van der Waals surface area contributed by atoms with Crippen LogP contribution in [0, 0.1) is 0 Å². The molecule has 0 unspecified atom stereocenters. The van der Waals surface area contributed by atoms with Gasteiger partial charge in [-0.25, -0.2) is 4.68 Å². The standard InChI is InChI=1S/C25H25N5O3/c1-2-32-21-9-8-18-6-3-4-7-20(18)24(21)25(31)29-16-12-19(13-17-29)33-23-11-10-22(27-28-23)30-15-5-14-26-30/h3-11,14-15,19H,2,12-13,16-17H2,1H3. The molecule has 2 aromatic heterocycles. The number of carbonyl (C=O) groups excluding carboxylic acids is 1. The average molecular weight is 444 g/mol. The Bertz CT molecular complexity index is 1230. The van der Waals surface area contributed by atoms with Crippen molar-refractivity contribution in [3.63, 3.8) is 0 Å². The van der Waals surface area contributed by atoms with Gasteiger partial charge in [-0.15, -0.1) is 10.2 Å². The molecule has 2 aromatic carbocycles. The van der Waals surface area contributed by atoms with Gasteiger partial charge < -0.3 is 14.4 Å². The van der Waals surface area contributed by atoms with E-state index in [-0.39, 0.29) is 12.0 Å². The molecule has 3 heterocycles. The molecule has 1 aliphatic heterocycles. The summed E-state index contributed by atoms with van der Waals surface area (Å²) in [4.78, 5) is 15.4. The van der Waals surface area contributed by atoms with Crippen LogP contribution >= 0.6 is 0 Å². The fourth-order valence-electron chi connectivity index (χ4n) is 4.16. The molecule has 33 heavy (non-hydrogen) atoms. The minimum atomic E-state index is -0.0159. The molecule has 8 heteroatoms. The van der Waals surface area contributed by atoms with E-state index in [2.05, 4.69) is 15.3 Å². The maximum Gasteiger partial charge on any atom is 0.258 e. The second-order valence-electron chi connectivity index (χ2n) is 7.88. The minimum Gasteiger partial charge on any atom is -0.493 e. The maximum atomic E-state index is 13.5. The molecular formula is C25H25N5O3. The summed E-state index contributed by atoms with van der Waals surface area (Å²) >= 11 is 0. The summed E-state index contributed by atoms with van der Waals surface area (Å²) in [7, 11) is 0. The Labute approximate surface area is 191 Å². The minimum absolute atomic E-state index is 0.00272. The van der Waals surface area contributed by atoms with Crippen molar-refractivity contribution in [1.29, 1.82) is 0 Å². The topological polar surface area (TPSA) is 82.4 Å². The number of hydrogen-bond acceptors (Lipinski definition) is 6. The Morgan fingerprint density at radius 3 is 2.61 bits per heavy atom. The van der Waals surface area contributed by atoms with E-state index in [4.69, 9.17) is 9.47 Å². The van der Waals surface area contributed by atoms with Crippen LogP contribution < -0.4 is 9.47 Å². The predicted molar refractivity (Wildman–Crippen MR) is 124 cm³/mol. The molecule has 0 bridgehead atoms.